The summed E-state index contributed by atoms with van der Waals surface area (Å²) in [5, 5.41) is 0. The van der Waals surface area contributed by atoms with Crippen molar-refractivity contribution in [1.29, 1.82) is 0 Å². The molecule has 0 aliphatic heterocycles. The molecular weight excluding hydrogens is 200 g/mol. The fraction of sp³-hybridized carbons (Fsp3) is 0.929. The van der Waals surface area contributed by atoms with Crippen LogP contribution in [-0.4, -0.2) is 12.1 Å². The largest absolute Gasteiger partial charge is 0.463 e. The van der Waals surface area contributed by atoms with Crippen LogP contribution < -0.4 is 0 Å². The number of hydrogen-bond acceptors (Lipinski definition) is 2. The Hall–Kier alpha value is -0.530. The number of carbonyl (C=O) groups excluding carboxylic acids is 1. The molecule has 0 aromatic rings. The maximum Gasteiger partial charge on any atom is 0.309 e. The lowest BCUT2D eigenvalue weighted by atomic mass is 9.70. The van der Waals surface area contributed by atoms with E-state index in [1.807, 2.05) is 13.8 Å². The van der Waals surface area contributed by atoms with Crippen molar-refractivity contribution < 1.29 is 9.53 Å². The van der Waals surface area contributed by atoms with Crippen LogP contribution in [0.5, 0.6) is 0 Å². The van der Waals surface area contributed by atoms with Crippen LogP contribution >= 0.6 is 0 Å². The molecule has 0 amide bonds. The summed E-state index contributed by atoms with van der Waals surface area (Å²) < 4.78 is 5.27. The van der Waals surface area contributed by atoms with Gasteiger partial charge in [0.05, 0.1) is 12.0 Å². The van der Waals surface area contributed by atoms with Gasteiger partial charge >= 0.3 is 5.97 Å². The van der Waals surface area contributed by atoms with Crippen molar-refractivity contribution in [2.75, 3.05) is 0 Å². The highest BCUT2D eigenvalue weighted by Gasteiger charge is 2.33. The molecule has 1 aliphatic rings. The second kappa shape index (κ2) is 5.20. The molecule has 2 nitrogen and oxygen atoms in total. The first-order valence-electron chi connectivity index (χ1n) is 6.51. The third-order valence-electron chi connectivity index (χ3n) is 3.64. The van der Waals surface area contributed by atoms with Crippen molar-refractivity contribution in [2.45, 2.75) is 66.4 Å². The Bertz CT molecular complexity index is 230. The number of esters is 1. The van der Waals surface area contributed by atoms with Crippen LogP contribution in [0.2, 0.25) is 0 Å². The zero-order valence-corrected chi connectivity index (χ0v) is 11.4. The van der Waals surface area contributed by atoms with Crippen LogP contribution in [-0.2, 0) is 9.53 Å². The summed E-state index contributed by atoms with van der Waals surface area (Å²) in [6.07, 6.45) is 4.37. The third kappa shape index (κ3) is 3.80. The zero-order valence-electron chi connectivity index (χ0n) is 11.4. The topological polar surface area (TPSA) is 26.3 Å². The molecule has 0 heterocycles. The molecule has 1 saturated carbocycles. The van der Waals surface area contributed by atoms with Gasteiger partial charge in [-0.1, -0.05) is 20.8 Å². The van der Waals surface area contributed by atoms with Gasteiger partial charge in [-0.25, -0.2) is 0 Å². The Kier molecular flexibility index (Phi) is 4.40. The molecule has 0 radical (unpaired) electrons. The summed E-state index contributed by atoms with van der Waals surface area (Å²) in [4.78, 5) is 11.7. The molecular formula is C14H26O2. The van der Waals surface area contributed by atoms with Gasteiger partial charge in [-0.2, -0.15) is 0 Å². The molecule has 0 spiro atoms. The fourth-order valence-electron chi connectivity index (χ4n) is 2.52. The molecule has 0 N–H and O–H groups in total. The van der Waals surface area contributed by atoms with Crippen molar-refractivity contribution in [3.63, 3.8) is 0 Å². The van der Waals surface area contributed by atoms with Crippen molar-refractivity contribution in [2.24, 2.45) is 17.3 Å². The van der Waals surface area contributed by atoms with Crippen molar-refractivity contribution in [3.8, 4) is 0 Å². The highest BCUT2D eigenvalue weighted by atomic mass is 16.5. The molecule has 0 unspecified atom stereocenters. The Morgan fingerprint density at radius 2 is 1.62 bits per heavy atom. The smallest absolute Gasteiger partial charge is 0.309 e. The first kappa shape index (κ1) is 13.5. The summed E-state index contributed by atoms with van der Waals surface area (Å²) >= 11 is 0. The Balaban J connectivity index is 2.40. The fourth-order valence-corrected chi connectivity index (χ4v) is 2.52. The molecule has 1 rings (SSSR count). The minimum absolute atomic E-state index is 0.0161. The van der Waals surface area contributed by atoms with Crippen molar-refractivity contribution in [1.82, 2.24) is 0 Å². The molecule has 0 bridgehead atoms. The van der Waals surface area contributed by atoms with Gasteiger partial charge in [-0.15, -0.1) is 0 Å². The van der Waals surface area contributed by atoms with Gasteiger partial charge in [0.1, 0.15) is 0 Å². The van der Waals surface area contributed by atoms with E-state index in [1.165, 1.54) is 12.8 Å². The van der Waals surface area contributed by atoms with E-state index in [4.69, 9.17) is 4.74 Å². The maximum atomic E-state index is 11.7. The summed E-state index contributed by atoms with van der Waals surface area (Å²) in [5.74, 6) is 0.930. The summed E-state index contributed by atoms with van der Waals surface area (Å²) in [6, 6.07) is 0. The first-order valence-corrected chi connectivity index (χ1v) is 6.51. The van der Waals surface area contributed by atoms with Gasteiger partial charge in [0.15, 0.2) is 0 Å². The van der Waals surface area contributed by atoms with Gasteiger partial charge in [0, 0.05) is 0 Å². The second-order valence-electron chi connectivity index (χ2n) is 6.40. The van der Waals surface area contributed by atoms with Crippen LogP contribution in [0.3, 0.4) is 0 Å². The predicted octanol–water partition coefficient (Wildman–Crippen LogP) is 3.79. The maximum absolute atomic E-state index is 11.7. The number of hydrogen-bond donors (Lipinski definition) is 0. The van der Waals surface area contributed by atoms with E-state index >= 15 is 0 Å². The molecule has 0 saturated heterocycles. The van der Waals surface area contributed by atoms with Crippen LogP contribution in [0, 0.1) is 17.3 Å². The highest BCUT2D eigenvalue weighted by Crippen LogP contribution is 2.40. The summed E-state index contributed by atoms with van der Waals surface area (Å²) in [7, 11) is 0. The van der Waals surface area contributed by atoms with Crippen LogP contribution in [0.25, 0.3) is 0 Å². The molecule has 0 aromatic heterocycles. The predicted molar refractivity (Wildman–Crippen MR) is 66.1 cm³/mol. The van der Waals surface area contributed by atoms with E-state index in [0.29, 0.717) is 5.41 Å². The summed E-state index contributed by atoms with van der Waals surface area (Å²) in [6.45, 7) is 10.7. The number of rotatable bonds is 2. The van der Waals surface area contributed by atoms with Gasteiger partial charge in [0.25, 0.3) is 0 Å². The first-order chi connectivity index (χ1) is 7.30. The molecule has 2 heteroatoms. The monoisotopic (exact) mass is 226 g/mol. The van der Waals surface area contributed by atoms with Crippen LogP contribution in [0.4, 0.5) is 0 Å². The van der Waals surface area contributed by atoms with Gasteiger partial charge in [-0.05, 0) is 50.9 Å². The van der Waals surface area contributed by atoms with Gasteiger partial charge in [0.2, 0.25) is 0 Å². The van der Waals surface area contributed by atoms with Gasteiger partial charge in [-0.3, -0.25) is 4.79 Å². The van der Waals surface area contributed by atoms with Crippen LogP contribution in [0.15, 0.2) is 0 Å². The Morgan fingerprint density at radius 1 is 1.12 bits per heavy atom. The lowest BCUT2D eigenvalue weighted by molar-refractivity contribution is -0.154. The zero-order chi connectivity index (χ0) is 12.3. The molecule has 0 aromatic carbocycles. The van der Waals surface area contributed by atoms with E-state index in [2.05, 4.69) is 20.8 Å². The van der Waals surface area contributed by atoms with E-state index in [9.17, 15) is 4.79 Å². The number of carbonyl (C=O) groups is 1. The summed E-state index contributed by atoms with van der Waals surface area (Å²) in [5.41, 5.74) is 0.382. The van der Waals surface area contributed by atoms with E-state index in [0.717, 1.165) is 18.8 Å². The van der Waals surface area contributed by atoms with Crippen molar-refractivity contribution in [3.05, 3.63) is 0 Å². The highest BCUT2D eigenvalue weighted by molar-refractivity contribution is 5.72. The lowest BCUT2D eigenvalue weighted by Gasteiger charge is -2.36. The molecule has 1 aliphatic carbocycles. The molecule has 16 heavy (non-hydrogen) atoms. The minimum Gasteiger partial charge on any atom is -0.463 e. The number of ether oxygens (including phenoxy) is 1. The molecule has 94 valence electrons. The van der Waals surface area contributed by atoms with Crippen molar-refractivity contribution >= 4 is 5.97 Å². The second-order valence-corrected chi connectivity index (χ2v) is 6.40. The van der Waals surface area contributed by atoms with E-state index < -0.39 is 0 Å². The average Bonchev–Trinajstić information content (AvgIpc) is 2.15. The Labute approximate surface area is 99.8 Å². The normalized spacial score (nSPS) is 26.9. The standard InChI is InChI=1S/C14H26O2/c1-10(2)16-13(15)11-6-8-12(9-7-11)14(3,4)5/h10-12H,6-9H2,1-5H3. The van der Waals surface area contributed by atoms with E-state index in [1.54, 1.807) is 0 Å². The SMILES string of the molecule is CC(C)OC(=O)C1CCC(C(C)(C)C)CC1. The van der Waals surface area contributed by atoms with Crippen LogP contribution in [0.1, 0.15) is 60.3 Å². The third-order valence-corrected chi connectivity index (χ3v) is 3.64. The van der Waals surface area contributed by atoms with Gasteiger partial charge < -0.3 is 4.74 Å². The minimum atomic E-state index is 0.0161. The Morgan fingerprint density at radius 3 is 2.00 bits per heavy atom. The lowest BCUT2D eigenvalue weighted by Crippen LogP contribution is -2.30. The molecule has 0 atom stereocenters. The molecule has 1 fully saturated rings. The average molecular weight is 226 g/mol. The quantitative estimate of drug-likeness (QED) is 0.670. The van der Waals surface area contributed by atoms with E-state index in [-0.39, 0.29) is 18.0 Å².